The molecule has 0 fully saturated rings. The van der Waals surface area contributed by atoms with Gasteiger partial charge in [-0.2, -0.15) is 0 Å². The van der Waals surface area contributed by atoms with Crippen molar-refractivity contribution < 1.29 is 18.3 Å². The summed E-state index contributed by atoms with van der Waals surface area (Å²) in [7, 11) is 1.34. The average Bonchev–Trinajstić information content (AvgIpc) is 2.71. The van der Waals surface area contributed by atoms with E-state index >= 15 is 0 Å². The van der Waals surface area contributed by atoms with Crippen molar-refractivity contribution in [3.63, 3.8) is 0 Å². The van der Waals surface area contributed by atoms with E-state index < -0.39 is 11.6 Å². The molecule has 0 radical (unpaired) electrons. The molecule has 3 aromatic rings. The van der Waals surface area contributed by atoms with Gasteiger partial charge in [0.25, 0.3) is 0 Å². The summed E-state index contributed by atoms with van der Waals surface area (Å²) in [4.78, 5) is 11.5. The molecule has 0 aromatic heterocycles. The first-order chi connectivity index (χ1) is 13.0. The predicted molar refractivity (Wildman–Crippen MR) is 103 cm³/mol. The van der Waals surface area contributed by atoms with Crippen LogP contribution >= 0.6 is 0 Å². The molecule has 4 heteroatoms. The third-order valence-corrected chi connectivity index (χ3v) is 4.52. The standard InChI is InChI=1S/C23H20F2O2/c1-3-4-18-13-14-20(22(25)21(18)24)17-9-5-15(6-10-17)16-7-11-19(12-8-16)23(26)27-2/h5-14H,3-4H2,1-2H3. The summed E-state index contributed by atoms with van der Waals surface area (Å²) in [6.45, 7) is 1.93. The predicted octanol–water partition coefficient (Wildman–Crippen LogP) is 6.04. The van der Waals surface area contributed by atoms with Gasteiger partial charge in [-0.05, 0) is 40.8 Å². The van der Waals surface area contributed by atoms with E-state index in [1.165, 1.54) is 7.11 Å². The summed E-state index contributed by atoms with van der Waals surface area (Å²) < 4.78 is 33.3. The van der Waals surface area contributed by atoms with Gasteiger partial charge in [-0.25, -0.2) is 13.6 Å². The summed E-state index contributed by atoms with van der Waals surface area (Å²) in [5.74, 6) is -1.96. The van der Waals surface area contributed by atoms with E-state index in [0.717, 1.165) is 17.5 Å². The first-order valence-corrected chi connectivity index (χ1v) is 8.81. The molecule has 27 heavy (non-hydrogen) atoms. The number of aryl methyl sites for hydroxylation is 1. The molecule has 0 atom stereocenters. The van der Waals surface area contributed by atoms with Crippen LogP contribution in [0.25, 0.3) is 22.3 Å². The number of hydrogen-bond donors (Lipinski definition) is 0. The Morgan fingerprint density at radius 3 is 1.93 bits per heavy atom. The van der Waals surface area contributed by atoms with Crippen LogP contribution in [0.1, 0.15) is 29.3 Å². The molecular weight excluding hydrogens is 346 g/mol. The third kappa shape index (κ3) is 3.90. The zero-order chi connectivity index (χ0) is 19.4. The maximum Gasteiger partial charge on any atom is 0.337 e. The van der Waals surface area contributed by atoms with Gasteiger partial charge in [-0.1, -0.05) is 61.9 Å². The monoisotopic (exact) mass is 366 g/mol. The van der Waals surface area contributed by atoms with Crippen molar-refractivity contribution >= 4 is 5.97 Å². The second-order valence-corrected chi connectivity index (χ2v) is 6.30. The van der Waals surface area contributed by atoms with E-state index in [1.807, 2.05) is 31.2 Å². The van der Waals surface area contributed by atoms with Gasteiger partial charge in [-0.3, -0.25) is 0 Å². The normalized spacial score (nSPS) is 10.7. The molecule has 0 unspecified atom stereocenters. The van der Waals surface area contributed by atoms with Crippen molar-refractivity contribution in [1.29, 1.82) is 0 Å². The third-order valence-electron chi connectivity index (χ3n) is 4.52. The first-order valence-electron chi connectivity index (χ1n) is 8.81. The molecule has 0 spiro atoms. The van der Waals surface area contributed by atoms with Crippen LogP contribution < -0.4 is 0 Å². The number of carbonyl (C=O) groups excluding carboxylic acids is 1. The number of ether oxygens (including phenoxy) is 1. The summed E-state index contributed by atoms with van der Waals surface area (Å²) in [5.41, 5.74) is 3.57. The van der Waals surface area contributed by atoms with E-state index in [4.69, 9.17) is 0 Å². The minimum atomic E-state index is -0.809. The maximum absolute atomic E-state index is 14.4. The Bertz CT molecular complexity index is 945. The highest BCUT2D eigenvalue weighted by Gasteiger charge is 2.14. The number of carbonyl (C=O) groups is 1. The molecule has 3 rings (SSSR count). The van der Waals surface area contributed by atoms with Gasteiger partial charge in [0, 0.05) is 5.56 Å². The largest absolute Gasteiger partial charge is 0.465 e. The number of halogens is 2. The second kappa shape index (κ2) is 8.12. The van der Waals surface area contributed by atoms with Crippen LogP contribution in [0.3, 0.4) is 0 Å². The minimum Gasteiger partial charge on any atom is -0.465 e. The van der Waals surface area contributed by atoms with Gasteiger partial charge in [0.1, 0.15) is 0 Å². The van der Waals surface area contributed by atoms with Crippen molar-refractivity contribution in [2.24, 2.45) is 0 Å². The molecule has 0 heterocycles. The van der Waals surface area contributed by atoms with Gasteiger partial charge >= 0.3 is 5.97 Å². The fraction of sp³-hybridized carbons (Fsp3) is 0.174. The van der Waals surface area contributed by atoms with Gasteiger partial charge < -0.3 is 4.74 Å². The molecule has 0 aliphatic carbocycles. The Balaban J connectivity index is 1.87. The summed E-state index contributed by atoms with van der Waals surface area (Å²) in [6, 6.07) is 17.5. The van der Waals surface area contributed by atoms with Crippen LogP contribution in [0.15, 0.2) is 60.7 Å². The average molecular weight is 366 g/mol. The van der Waals surface area contributed by atoms with Crippen LogP contribution in [-0.4, -0.2) is 13.1 Å². The summed E-state index contributed by atoms with van der Waals surface area (Å²) in [5, 5.41) is 0. The Labute approximate surface area is 157 Å². The van der Waals surface area contributed by atoms with Crippen LogP contribution in [0, 0.1) is 11.6 Å². The van der Waals surface area contributed by atoms with Crippen molar-refractivity contribution in [1.82, 2.24) is 0 Å². The number of rotatable bonds is 5. The zero-order valence-electron chi connectivity index (χ0n) is 15.3. The van der Waals surface area contributed by atoms with E-state index in [-0.39, 0.29) is 11.5 Å². The highest BCUT2D eigenvalue weighted by atomic mass is 19.2. The topological polar surface area (TPSA) is 26.3 Å². The number of hydrogen-bond acceptors (Lipinski definition) is 2. The molecule has 0 bridgehead atoms. The molecule has 2 nitrogen and oxygen atoms in total. The lowest BCUT2D eigenvalue weighted by atomic mass is 9.97. The fourth-order valence-electron chi connectivity index (χ4n) is 3.03. The van der Waals surface area contributed by atoms with E-state index in [2.05, 4.69) is 4.74 Å². The van der Waals surface area contributed by atoms with Crippen molar-refractivity contribution in [3.05, 3.63) is 83.4 Å². The summed E-state index contributed by atoms with van der Waals surface area (Å²) in [6.07, 6.45) is 1.28. The number of benzene rings is 3. The van der Waals surface area contributed by atoms with Gasteiger partial charge in [0.05, 0.1) is 12.7 Å². The van der Waals surface area contributed by atoms with Gasteiger partial charge in [-0.15, -0.1) is 0 Å². The Hall–Kier alpha value is -3.01. The Morgan fingerprint density at radius 1 is 0.815 bits per heavy atom. The molecule has 0 saturated carbocycles. The highest BCUT2D eigenvalue weighted by molar-refractivity contribution is 5.90. The van der Waals surface area contributed by atoms with Crippen LogP contribution in [0.4, 0.5) is 8.78 Å². The lowest BCUT2D eigenvalue weighted by Crippen LogP contribution is -2.00. The molecule has 0 saturated heterocycles. The Kier molecular flexibility index (Phi) is 5.65. The Morgan fingerprint density at radius 2 is 1.37 bits per heavy atom. The van der Waals surface area contributed by atoms with E-state index in [9.17, 15) is 13.6 Å². The summed E-state index contributed by atoms with van der Waals surface area (Å²) >= 11 is 0. The van der Waals surface area contributed by atoms with E-state index in [1.54, 1.807) is 36.4 Å². The van der Waals surface area contributed by atoms with Crippen molar-refractivity contribution in [2.45, 2.75) is 19.8 Å². The van der Waals surface area contributed by atoms with Crippen LogP contribution in [-0.2, 0) is 11.2 Å². The van der Waals surface area contributed by atoms with Crippen molar-refractivity contribution in [2.75, 3.05) is 7.11 Å². The minimum absolute atomic E-state index is 0.250. The fourth-order valence-corrected chi connectivity index (χ4v) is 3.03. The zero-order valence-corrected chi connectivity index (χ0v) is 15.3. The molecule has 3 aromatic carbocycles. The lowest BCUT2D eigenvalue weighted by Gasteiger charge is -2.09. The van der Waals surface area contributed by atoms with Crippen LogP contribution in [0.2, 0.25) is 0 Å². The highest BCUT2D eigenvalue weighted by Crippen LogP contribution is 2.29. The number of esters is 1. The van der Waals surface area contributed by atoms with Gasteiger partial charge in [0.2, 0.25) is 0 Å². The smallest absolute Gasteiger partial charge is 0.337 e. The molecular formula is C23H20F2O2. The molecule has 0 amide bonds. The molecule has 0 aliphatic heterocycles. The van der Waals surface area contributed by atoms with Crippen molar-refractivity contribution in [3.8, 4) is 22.3 Å². The number of methoxy groups -OCH3 is 1. The van der Waals surface area contributed by atoms with Crippen LogP contribution in [0.5, 0.6) is 0 Å². The van der Waals surface area contributed by atoms with E-state index in [0.29, 0.717) is 23.1 Å². The molecule has 0 aliphatic rings. The van der Waals surface area contributed by atoms with Gasteiger partial charge in [0.15, 0.2) is 11.6 Å². The first kappa shape index (κ1) is 18.8. The molecule has 0 N–H and O–H groups in total. The second-order valence-electron chi connectivity index (χ2n) is 6.30. The molecule has 138 valence electrons. The maximum atomic E-state index is 14.4. The SMILES string of the molecule is CCCc1ccc(-c2ccc(-c3ccc(C(=O)OC)cc3)cc2)c(F)c1F. The quantitative estimate of drug-likeness (QED) is 0.515. The lowest BCUT2D eigenvalue weighted by molar-refractivity contribution is 0.0601.